The Morgan fingerprint density at radius 1 is 0.870 bits per heavy atom. The number of aromatic nitrogens is 3. The Labute approximate surface area is 312 Å². The highest BCUT2D eigenvalue weighted by atomic mass is 19.1. The van der Waals surface area contributed by atoms with Crippen LogP contribution >= 0.6 is 0 Å². The van der Waals surface area contributed by atoms with Gasteiger partial charge in [0.1, 0.15) is 17.2 Å². The first-order chi connectivity index (χ1) is 26.2. The molecule has 3 aliphatic rings. The minimum absolute atomic E-state index is 0.0423. The Morgan fingerprint density at radius 2 is 1.67 bits per heavy atom. The summed E-state index contributed by atoms with van der Waals surface area (Å²) in [6.45, 7) is 6.71. The molecule has 11 nitrogen and oxygen atoms in total. The van der Waals surface area contributed by atoms with E-state index in [-0.39, 0.29) is 28.7 Å². The molecule has 5 heterocycles. The van der Waals surface area contributed by atoms with Crippen LogP contribution in [0, 0.1) is 24.6 Å². The lowest BCUT2D eigenvalue weighted by molar-refractivity contribution is -0.0403. The third kappa shape index (κ3) is 7.34. The van der Waals surface area contributed by atoms with Gasteiger partial charge in [-0.2, -0.15) is 0 Å². The van der Waals surface area contributed by atoms with Gasteiger partial charge >= 0.3 is 6.03 Å². The molecule has 2 aliphatic heterocycles. The van der Waals surface area contributed by atoms with Gasteiger partial charge in [-0.25, -0.2) is 14.2 Å². The highest BCUT2D eigenvalue weighted by molar-refractivity contribution is 6.04. The second-order valence-electron chi connectivity index (χ2n) is 14.7. The first kappa shape index (κ1) is 35.2. The minimum atomic E-state index is -0.634. The summed E-state index contributed by atoms with van der Waals surface area (Å²) in [6.07, 6.45) is 10.1. The van der Waals surface area contributed by atoms with Crippen LogP contribution in [-0.2, 0) is 17.8 Å². The van der Waals surface area contributed by atoms with E-state index >= 15 is 4.39 Å². The molecule has 0 spiro atoms. The molecule has 3 amide bonds. The monoisotopic (exact) mass is 727 g/mol. The predicted octanol–water partition coefficient (Wildman–Crippen LogP) is 6.61. The molecule has 1 saturated carbocycles. The molecule has 3 fully saturated rings. The molecule has 0 atom stereocenters. The number of carbonyl (C=O) groups excluding carboxylic acids is 2. The number of amides is 3. The average molecular weight is 728 g/mol. The van der Waals surface area contributed by atoms with E-state index < -0.39 is 17.2 Å². The highest BCUT2D eigenvalue weighted by Gasteiger charge is 2.32. The molecule has 5 aromatic rings. The fourth-order valence-corrected chi connectivity index (χ4v) is 7.21. The average Bonchev–Trinajstić information content (AvgIpc) is 3.47. The zero-order chi connectivity index (χ0) is 37.3. The van der Waals surface area contributed by atoms with Crippen LogP contribution in [0.3, 0.4) is 0 Å². The van der Waals surface area contributed by atoms with E-state index in [0.717, 1.165) is 61.4 Å². The standard InChI is InChI=1S/C42H42FN7O4/c1-26-5-12-38(45-17-26)35-22-48(19-27-3-2-4-27)23-36(39(35)51)41(52)47-32-10-11-33(37(43)16-32)34-15-31(18-46-40(34)44)30-8-6-28(7-9-30)20-49-13-14-50(42(49)53)21-29-24-54-25-29/h5-12,15-18,22-23,27,29H,2-4,13-14,19-21,24-25H2,1H3,(H2,44,46)(H,47,52). The first-order valence-corrected chi connectivity index (χ1v) is 18.4. The molecule has 0 bridgehead atoms. The van der Waals surface area contributed by atoms with Gasteiger partial charge in [-0.05, 0) is 72.7 Å². The number of hydrogen-bond acceptors (Lipinski definition) is 7. The van der Waals surface area contributed by atoms with E-state index in [1.165, 1.54) is 12.5 Å². The van der Waals surface area contributed by atoms with Crippen LogP contribution in [0.4, 0.5) is 20.7 Å². The van der Waals surface area contributed by atoms with Crippen molar-refractivity contribution in [3.63, 3.8) is 0 Å². The van der Waals surface area contributed by atoms with Crippen molar-refractivity contribution < 1.29 is 18.7 Å². The number of hydrogen-bond donors (Lipinski definition) is 2. The van der Waals surface area contributed by atoms with Gasteiger partial charge in [0.2, 0.25) is 5.43 Å². The van der Waals surface area contributed by atoms with Crippen LogP contribution in [0.2, 0.25) is 0 Å². The Balaban J connectivity index is 0.979. The molecule has 3 N–H and O–H groups in total. The number of nitrogens with one attached hydrogen (secondary N) is 1. The van der Waals surface area contributed by atoms with Crippen LogP contribution in [0.15, 0.2) is 90.2 Å². The molecule has 2 saturated heterocycles. The number of nitrogens with two attached hydrogens (primary N) is 1. The second kappa shape index (κ2) is 14.9. The van der Waals surface area contributed by atoms with Crippen molar-refractivity contribution >= 4 is 23.4 Å². The summed E-state index contributed by atoms with van der Waals surface area (Å²) < 4.78 is 23.0. The number of rotatable bonds is 11. The number of urea groups is 1. The van der Waals surface area contributed by atoms with E-state index in [4.69, 9.17) is 10.5 Å². The SMILES string of the molecule is Cc1ccc(-c2cn(CC3CCC3)cc(C(=O)Nc3ccc(-c4cc(-c5ccc(CN6CCN(CC7COC7)C6=O)cc5)cnc4N)c(F)c3)c2=O)nc1. The lowest BCUT2D eigenvalue weighted by Crippen LogP contribution is -2.41. The molecule has 276 valence electrons. The van der Waals surface area contributed by atoms with E-state index in [1.807, 2.05) is 51.6 Å². The Morgan fingerprint density at radius 3 is 2.35 bits per heavy atom. The normalized spacial score (nSPS) is 16.0. The quantitative estimate of drug-likeness (QED) is 0.156. The maximum atomic E-state index is 15.8. The Bertz CT molecular complexity index is 2270. The molecule has 0 unspecified atom stereocenters. The van der Waals surface area contributed by atoms with Gasteiger partial charge in [-0.1, -0.05) is 36.8 Å². The number of aryl methyl sites for hydroxylation is 1. The molecule has 0 radical (unpaired) electrons. The van der Waals surface area contributed by atoms with Gasteiger partial charge in [-0.15, -0.1) is 0 Å². The lowest BCUT2D eigenvalue weighted by atomic mass is 9.85. The van der Waals surface area contributed by atoms with Crippen molar-refractivity contribution in [2.75, 3.05) is 43.9 Å². The van der Waals surface area contributed by atoms with Gasteiger partial charge in [0.15, 0.2) is 0 Å². The highest BCUT2D eigenvalue weighted by Crippen LogP contribution is 2.33. The number of nitrogen functional groups attached to an aromatic ring is 1. The molecule has 3 aromatic heterocycles. The van der Waals surface area contributed by atoms with E-state index in [0.29, 0.717) is 48.3 Å². The number of carbonyl (C=O) groups is 2. The van der Waals surface area contributed by atoms with Crippen molar-refractivity contribution in [2.45, 2.75) is 39.3 Å². The molecule has 12 heteroatoms. The van der Waals surface area contributed by atoms with Crippen molar-refractivity contribution in [2.24, 2.45) is 11.8 Å². The number of halogens is 1. The number of nitrogens with zero attached hydrogens (tertiary/aromatic N) is 5. The maximum Gasteiger partial charge on any atom is 0.320 e. The summed E-state index contributed by atoms with van der Waals surface area (Å²) in [4.78, 5) is 52.7. The molecule has 2 aromatic carbocycles. The summed E-state index contributed by atoms with van der Waals surface area (Å²) in [5.74, 6) is -0.171. The molecule has 8 rings (SSSR count). The number of anilines is 2. The van der Waals surface area contributed by atoms with Gasteiger partial charge < -0.3 is 30.2 Å². The summed E-state index contributed by atoms with van der Waals surface area (Å²) >= 11 is 0. The van der Waals surface area contributed by atoms with E-state index in [2.05, 4.69) is 15.3 Å². The summed E-state index contributed by atoms with van der Waals surface area (Å²) in [5, 5.41) is 2.72. The van der Waals surface area contributed by atoms with Crippen LogP contribution in [0.25, 0.3) is 33.5 Å². The van der Waals surface area contributed by atoms with Gasteiger partial charge in [0.25, 0.3) is 5.91 Å². The minimum Gasteiger partial charge on any atom is -0.383 e. The Hall–Kier alpha value is -5.88. The van der Waals surface area contributed by atoms with Crippen LogP contribution in [-0.4, -0.2) is 69.1 Å². The van der Waals surface area contributed by atoms with E-state index in [9.17, 15) is 14.4 Å². The van der Waals surface area contributed by atoms with Crippen molar-refractivity contribution in [1.29, 1.82) is 0 Å². The summed E-state index contributed by atoms with van der Waals surface area (Å²) in [5.41, 5.74) is 11.0. The third-order valence-electron chi connectivity index (χ3n) is 10.7. The molecule has 1 aliphatic carbocycles. The maximum absolute atomic E-state index is 15.8. The molecular weight excluding hydrogens is 686 g/mol. The fraction of sp³-hybridized carbons (Fsp3) is 0.310. The van der Waals surface area contributed by atoms with Crippen LogP contribution in [0.5, 0.6) is 0 Å². The smallest absolute Gasteiger partial charge is 0.320 e. The zero-order valence-electron chi connectivity index (χ0n) is 30.1. The largest absolute Gasteiger partial charge is 0.383 e. The summed E-state index contributed by atoms with van der Waals surface area (Å²) in [7, 11) is 0. The number of ether oxygens (including phenoxy) is 1. The Kier molecular flexibility index (Phi) is 9.68. The van der Waals surface area contributed by atoms with Gasteiger partial charge in [-0.3, -0.25) is 14.6 Å². The van der Waals surface area contributed by atoms with E-state index in [1.54, 1.807) is 49.1 Å². The van der Waals surface area contributed by atoms with Crippen LogP contribution in [0.1, 0.15) is 40.7 Å². The summed E-state index contributed by atoms with van der Waals surface area (Å²) in [6, 6.07) is 17.7. The first-order valence-electron chi connectivity index (χ1n) is 18.4. The van der Waals surface area contributed by atoms with Crippen molar-refractivity contribution in [3.8, 4) is 33.5 Å². The molecular formula is C42H42FN7O4. The van der Waals surface area contributed by atoms with Gasteiger partial charge in [0.05, 0.1) is 24.5 Å². The van der Waals surface area contributed by atoms with Crippen molar-refractivity contribution in [1.82, 2.24) is 24.3 Å². The second-order valence-corrected chi connectivity index (χ2v) is 14.7. The number of benzene rings is 2. The third-order valence-corrected chi connectivity index (χ3v) is 10.7. The van der Waals surface area contributed by atoms with Gasteiger partial charge in [0, 0.05) is 85.8 Å². The lowest BCUT2D eigenvalue weighted by Gasteiger charge is -2.30. The topological polar surface area (TPSA) is 136 Å². The predicted molar refractivity (Wildman–Crippen MR) is 205 cm³/mol. The van der Waals surface area contributed by atoms with Crippen LogP contribution < -0.4 is 16.5 Å². The zero-order valence-corrected chi connectivity index (χ0v) is 30.1. The van der Waals surface area contributed by atoms with Crippen molar-refractivity contribution in [3.05, 3.63) is 118 Å². The number of pyridine rings is 3. The fourth-order valence-electron chi connectivity index (χ4n) is 7.21. The molecule has 54 heavy (non-hydrogen) atoms.